The van der Waals surface area contributed by atoms with Crippen molar-refractivity contribution < 1.29 is 0 Å². The summed E-state index contributed by atoms with van der Waals surface area (Å²) in [6, 6.07) is 3.79. The normalized spacial score (nSPS) is 10.9. The maximum Gasteiger partial charge on any atom is 0.144 e. The predicted molar refractivity (Wildman–Crippen MR) is 67.3 cm³/mol. The molecular formula is C12H17N5. The first-order chi connectivity index (χ1) is 8.24. The van der Waals surface area contributed by atoms with E-state index in [-0.39, 0.29) is 0 Å². The molecule has 0 aliphatic rings. The number of aromatic nitrogens is 3. The Kier molecular flexibility index (Phi) is 3.72. The van der Waals surface area contributed by atoms with Gasteiger partial charge in [0.1, 0.15) is 11.6 Å². The molecule has 0 radical (unpaired) electrons. The smallest absolute Gasteiger partial charge is 0.144 e. The summed E-state index contributed by atoms with van der Waals surface area (Å²) < 4.78 is 0. The molecule has 2 heterocycles. The molecule has 0 atom stereocenters. The van der Waals surface area contributed by atoms with Crippen LogP contribution in [-0.2, 0) is 13.0 Å². The number of rotatable bonds is 5. The summed E-state index contributed by atoms with van der Waals surface area (Å²) in [6.07, 6.45) is 6.67. The molecule has 0 saturated heterocycles. The van der Waals surface area contributed by atoms with Crippen LogP contribution in [0.1, 0.15) is 11.4 Å². The third kappa shape index (κ3) is 3.57. The highest BCUT2D eigenvalue weighted by molar-refractivity contribution is 5.24. The van der Waals surface area contributed by atoms with Crippen molar-refractivity contribution in [3.05, 3.63) is 42.1 Å². The van der Waals surface area contributed by atoms with Crippen LogP contribution < -0.4 is 5.73 Å². The van der Waals surface area contributed by atoms with Crippen LogP contribution in [-0.4, -0.2) is 33.4 Å². The zero-order valence-electron chi connectivity index (χ0n) is 9.93. The fraction of sp³-hybridized carbons (Fsp3) is 0.333. The highest BCUT2D eigenvalue weighted by Crippen LogP contribution is 2.02. The monoisotopic (exact) mass is 231 g/mol. The van der Waals surface area contributed by atoms with Crippen molar-refractivity contribution in [3.63, 3.8) is 0 Å². The van der Waals surface area contributed by atoms with Gasteiger partial charge in [-0.2, -0.15) is 0 Å². The van der Waals surface area contributed by atoms with Crippen LogP contribution in [0.15, 0.2) is 30.7 Å². The second-order valence-electron chi connectivity index (χ2n) is 4.10. The summed E-state index contributed by atoms with van der Waals surface area (Å²) >= 11 is 0. The molecule has 2 aromatic rings. The molecule has 0 unspecified atom stereocenters. The standard InChI is InChI=1S/C12H17N5/c1-17(7-4-10-2-5-14-8-10)9-12-15-6-3-11(13)16-12/h2-3,5-6,8,14H,4,7,9H2,1H3,(H2,13,15,16). The van der Waals surface area contributed by atoms with Gasteiger partial charge in [-0.05, 0) is 31.2 Å². The third-order valence-corrected chi connectivity index (χ3v) is 2.58. The summed E-state index contributed by atoms with van der Waals surface area (Å²) in [7, 11) is 2.05. The second kappa shape index (κ2) is 5.45. The van der Waals surface area contributed by atoms with Crippen LogP contribution >= 0.6 is 0 Å². The number of nitrogens with one attached hydrogen (secondary N) is 1. The van der Waals surface area contributed by atoms with Gasteiger partial charge in [-0.25, -0.2) is 9.97 Å². The van der Waals surface area contributed by atoms with Gasteiger partial charge in [0.25, 0.3) is 0 Å². The highest BCUT2D eigenvalue weighted by atomic mass is 15.1. The van der Waals surface area contributed by atoms with E-state index in [0.717, 1.165) is 25.3 Å². The Labute approximate surface area is 101 Å². The highest BCUT2D eigenvalue weighted by Gasteiger charge is 2.03. The Balaban J connectivity index is 1.83. The van der Waals surface area contributed by atoms with Crippen LogP contribution in [0.25, 0.3) is 0 Å². The van der Waals surface area contributed by atoms with E-state index in [0.29, 0.717) is 5.82 Å². The Hall–Kier alpha value is -1.88. The number of nitrogens with two attached hydrogens (primary N) is 1. The average molecular weight is 231 g/mol. The molecule has 0 aliphatic heterocycles. The Morgan fingerprint density at radius 1 is 1.41 bits per heavy atom. The minimum atomic E-state index is 0.522. The van der Waals surface area contributed by atoms with Crippen molar-refractivity contribution in [1.82, 2.24) is 19.9 Å². The van der Waals surface area contributed by atoms with Crippen molar-refractivity contribution in [2.24, 2.45) is 0 Å². The first-order valence-electron chi connectivity index (χ1n) is 5.61. The van der Waals surface area contributed by atoms with Crippen molar-refractivity contribution in [3.8, 4) is 0 Å². The van der Waals surface area contributed by atoms with Gasteiger partial charge < -0.3 is 10.7 Å². The Morgan fingerprint density at radius 2 is 2.29 bits per heavy atom. The molecule has 5 nitrogen and oxygen atoms in total. The average Bonchev–Trinajstić information content (AvgIpc) is 2.79. The fourth-order valence-corrected chi connectivity index (χ4v) is 1.65. The van der Waals surface area contributed by atoms with Gasteiger partial charge in [0.15, 0.2) is 0 Å². The zero-order chi connectivity index (χ0) is 12.1. The molecule has 5 heteroatoms. The number of H-pyrrole nitrogens is 1. The number of hydrogen-bond acceptors (Lipinski definition) is 4. The van der Waals surface area contributed by atoms with Crippen LogP contribution in [0.3, 0.4) is 0 Å². The number of likely N-dealkylation sites (N-methyl/N-ethyl adjacent to an activating group) is 1. The summed E-state index contributed by atoms with van der Waals surface area (Å²) in [5.74, 6) is 1.29. The molecule has 0 bridgehead atoms. The second-order valence-corrected chi connectivity index (χ2v) is 4.10. The van der Waals surface area contributed by atoms with Crippen LogP contribution in [0, 0.1) is 0 Å². The zero-order valence-corrected chi connectivity index (χ0v) is 9.93. The van der Waals surface area contributed by atoms with E-state index < -0.39 is 0 Å². The van der Waals surface area contributed by atoms with Gasteiger partial charge in [-0.15, -0.1) is 0 Å². The summed E-state index contributed by atoms with van der Waals surface area (Å²) in [6.45, 7) is 1.69. The molecule has 2 aromatic heterocycles. The van der Waals surface area contributed by atoms with Crippen molar-refractivity contribution in [1.29, 1.82) is 0 Å². The fourth-order valence-electron chi connectivity index (χ4n) is 1.65. The van der Waals surface area contributed by atoms with Gasteiger partial charge in [-0.3, -0.25) is 4.90 Å². The topological polar surface area (TPSA) is 70.8 Å². The molecule has 0 saturated carbocycles. The lowest BCUT2D eigenvalue weighted by Crippen LogP contribution is -2.22. The molecule has 0 amide bonds. The quantitative estimate of drug-likeness (QED) is 0.807. The molecular weight excluding hydrogens is 214 g/mol. The molecule has 17 heavy (non-hydrogen) atoms. The number of anilines is 1. The molecule has 90 valence electrons. The van der Waals surface area contributed by atoms with E-state index in [9.17, 15) is 0 Å². The van der Waals surface area contributed by atoms with E-state index in [1.54, 1.807) is 12.3 Å². The minimum Gasteiger partial charge on any atom is -0.384 e. The minimum absolute atomic E-state index is 0.522. The van der Waals surface area contributed by atoms with E-state index in [4.69, 9.17) is 5.73 Å². The van der Waals surface area contributed by atoms with Gasteiger partial charge in [-0.1, -0.05) is 0 Å². The van der Waals surface area contributed by atoms with Crippen molar-refractivity contribution >= 4 is 5.82 Å². The van der Waals surface area contributed by atoms with E-state index in [1.807, 2.05) is 12.4 Å². The first kappa shape index (κ1) is 11.6. The Morgan fingerprint density at radius 3 is 3.00 bits per heavy atom. The van der Waals surface area contributed by atoms with Gasteiger partial charge in [0.2, 0.25) is 0 Å². The molecule has 3 N–H and O–H groups in total. The summed E-state index contributed by atoms with van der Waals surface area (Å²) in [5, 5.41) is 0. The molecule has 0 aromatic carbocycles. The van der Waals surface area contributed by atoms with Crippen molar-refractivity contribution in [2.45, 2.75) is 13.0 Å². The van der Waals surface area contributed by atoms with E-state index in [2.05, 4.69) is 33.0 Å². The molecule has 0 aliphatic carbocycles. The largest absolute Gasteiger partial charge is 0.384 e. The lowest BCUT2D eigenvalue weighted by Gasteiger charge is -2.14. The number of nitrogens with zero attached hydrogens (tertiary/aromatic N) is 3. The number of aromatic amines is 1. The lowest BCUT2D eigenvalue weighted by atomic mass is 10.2. The summed E-state index contributed by atoms with van der Waals surface area (Å²) in [4.78, 5) is 13.6. The predicted octanol–water partition coefficient (Wildman–Crippen LogP) is 1.06. The van der Waals surface area contributed by atoms with Crippen LogP contribution in [0.4, 0.5) is 5.82 Å². The van der Waals surface area contributed by atoms with Gasteiger partial charge in [0, 0.05) is 25.1 Å². The van der Waals surface area contributed by atoms with E-state index in [1.165, 1.54) is 5.56 Å². The van der Waals surface area contributed by atoms with Crippen molar-refractivity contribution in [2.75, 3.05) is 19.3 Å². The van der Waals surface area contributed by atoms with Gasteiger partial charge in [0.05, 0.1) is 6.54 Å². The third-order valence-electron chi connectivity index (χ3n) is 2.58. The molecule has 0 spiro atoms. The maximum absolute atomic E-state index is 5.61. The number of nitrogen functional groups attached to an aromatic ring is 1. The first-order valence-corrected chi connectivity index (χ1v) is 5.61. The lowest BCUT2D eigenvalue weighted by molar-refractivity contribution is 0.322. The van der Waals surface area contributed by atoms with E-state index >= 15 is 0 Å². The summed E-state index contributed by atoms with van der Waals surface area (Å²) in [5.41, 5.74) is 6.92. The van der Waals surface area contributed by atoms with Gasteiger partial charge >= 0.3 is 0 Å². The SMILES string of the molecule is CN(CCc1cc[nH]c1)Cc1nccc(N)n1. The van der Waals surface area contributed by atoms with Crippen LogP contribution in [0.5, 0.6) is 0 Å². The maximum atomic E-state index is 5.61. The van der Waals surface area contributed by atoms with Crippen LogP contribution in [0.2, 0.25) is 0 Å². The molecule has 0 fully saturated rings. The Bertz CT molecular complexity index is 452. The number of hydrogen-bond donors (Lipinski definition) is 2. The molecule has 2 rings (SSSR count).